The largest absolute Gasteiger partial charge is 0.376 e. The molecule has 1 amide bonds. The Morgan fingerprint density at radius 3 is 2.53 bits per heavy atom. The van der Waals surface area contributed by atoms with Crippen LogP contribution in [0.4, 0.5) is 10.1 Å². The predicted molar refractivity (Wildman–Crippen MR) is 72.3 cm³/mol. The number of halogens is 1. The Hall–Kier alpha value is -1.58. The first kappa shape index (κ1) is 12.5. The highest BCUT2D eigenvalue weighted by atomic mass is 19.1. The number of rotatable bonds is 6. The van der Waals surface area contributed by atoms with Gasteiger partial charge in [0.15, 0.2) is 0 Å². The second-order valence-corrected chi connectivity index (χ2v) is 5.63. The Kier molecular flexibility index (Phi) is 3.40. The molecule has 4 heteroatoms. The third-order valence-corrected chi connectivity index (χ3v) is 3.87. The van der Waals surface area contributed by atoms with Crippen molar-refractivity contribution >= 4 is 11.6 Å². The molecule has 0 spiro atoms. The first-order valence-corrected chi connectivity index (χ1v) is 7.01. The van der Waals surface area contributed by atoms with Gasteiger partial charge in [0.05, 0.1) is 6.54 Å². The van der Waals surface area contributed by atoms with Gasteiger partial charge in [-0.15, -0.1) is 0 Å². The molecule has 2 saturated carbocycles. The standard InChI is InChI=1S/C15H19FN2O/c16-12-2-1-3-13(8-12)17-9-14(19)18-15(10-4-5-10)11-6-7-11/h1-3,8,10-11,15,17H,4-7,9H2,(H,18,19). The van der Waals surface area contributed by atoms with Crippen LogP contribution in [0.15, 0.2) is 24.3 Å². The molecule has 0 heterocycles. The summed E-state index contributed by atoms with van der Waals surface area (Å²) < 4.78 is 13.0. The summed E-state index contributed by atoms with van der Waals surface area (Å²) in [4.78, 5) is 11.9. The summed E-state index contributed by atoms with van der Waals surface area (Å²) in [6, 6.07) is 6.55. The van der Waals surface area contributed by atoms with Crippen molar-refractivity contribution in [3.63, 3.8) is 0 Å². The van der Waals surface area contributed by atoms with E-state index >= 15 is 0 Å². The molecule has 0 atom stereocenters. The topological polar surface area (TPSA) is 41.1 Å². The molecular weight excluding hydrogens is 243 g/mol. The molecule has 102 valence electrons. The van der Waals surface area contributed by atoms with Gasteiger partial charge in [0, 0.05) is 11.7 Å². The lowest BCUT2D eigenvalue weighted by Gasteiger charge is -2.18. The molecule has 2 fully saturated rings. The molecule has 2 aliphatic rings. The van der Waals surface area contributed by atoms with Gasteiger partial charge in [-0.3, -0.25) is 4.79 Å². The molecule has 0 unspecified atom stereocenters. The number of hydrogen-bond acceptors (Lipinski definition) is 2. The van der Waals surface area contributed by atoms with Crippen molar-refractivity contribution in [1.82, 2.24) is 5.32 Å². The molecule has 1 aromatic carbocycles. The fourth-order valence-corrected chi connectivity index (χ4v) is 2.55. The monoisotopic (exact) mass is 262 g/mol. The van der Waals surface area contributed by atoms with Crippen LogP contribution in [0.5, 0.6) is 0 Å². The third-order valence-electron chi connectivity index (χ3n) is 3.87. The minimum absolute atomic E-state index is 0.00746. The maximum atomic E-state index is 13.0. The lowest BCUT2D eigenvalue weighted by Crippen LogP contribution is -2.41. The van der Waals surface area contributed by atoms with E-state index in [0.29, 0.717) is 23.6 Å². The van der Waals surface area contributed by atoms with Gasteiger partial charge in [-0.25, -0.2) is 4.39 Å². The fraction of sp³-hybridized carbons (Fsp3) is 0.533. The SMILES string of the molecule is O=C(CNc1cccc(F)c1)NC(C1CC1)C1CC1. The molecule has 3 nitrogen and oxygen atoms in total. The Labute approximate surface area is 112 Å². The molecule has 2 aliphatic carbocycles. The van der Waals surface area contributed by atoms with Crippen molar-refractivity contribution in [2.45, 2.75) is 31.7 Å². The van der Waals surface area contributed by atoms with Gasteiger partial charge in [0.25, 0.3) is 0 Å². The van der Waals surface area contributed by atoms with Crippen LogP contribution in [0.25, 0.3) is 0 Å². The first-order valence-electron chi connectivity index (χ1n) is 7.01. The van der Waals surface area contributed by atoms with Gasteiger partial charge in [-0.05, 0) is 55.7 Å². The second kappa shape index (κ2) is 5.19. The maximum Gasteiger partial charge on any atom is 0.239 e. The van der Waals surface area contributed by atoms with E-state index in [4.69, 9.17) is 0 Å². The van der Waals surface area contributed by atoms with Crippen LogP contribution in [0.3, 0.4) is 0 Å². The normalized spacial score (nSPS) is 18.4. The third kappa shape index (κ3) is 3.46. The molecule has 2 N–H and O–H groups in total. The van der Waals surface area contributed by atoms with Crippen LogP contribution in [0.1, 0.15) is 25.7 Å². The van der Waals surface area contributed by atoms with Crippen molar-refractivity contribution in [3.8, 4) is 0 Å². The lowest BCUT2D eigenvalue weighted by molar-refractivity contribution is -0.120. The number of nitrogens with one attached hydrogen (secondary N) is 2. The molecule has 1 aromatic rings. The number of carbonyl (C=O) groups excluding carboxylic acids is 1. The van der Waals surface area contributed by atoms with Gasteiger partial charge in [-0.1, -0.05) is 6.07 Å². The molecule has 0 aromatic heterocycles. The Bertz CT molecular complexity index is 457. The van der Waals surface area contributed by atoms with Gasteiger partial charge in [0.1, 0.15) is 5.82 Å². The second-order valence-electron chi connectivity index (χ2n) is 5.63. The summed E-state index contributed by atoms with van der Waals surface area (Å²) in [5.74, 6) is 1.11. The number of hydrogen-bond donors (Lipinski definition) is 2. The van der Waals surface area contributed by atoms with Gasteiger partial charge >= 0.3 is 0 Å². The maximum absolute atomic E-state index is 13.0. The van der Waals surface area contributed by atoms with E-state index in [1.165, 1.54) is 37.8 Å². The average Bonchev–Trinajstić information content (AvgIpc) is 3.27. The smallest absolute Gasteiger partial charge is 0.239 e. The Balaban J connectivity index is 1.48. The molecule has 19 heavy (non-hydrogen) atoms. The van der Waals surface area contributed by atoms with Gasteiger partial charge < -0.3 is 10.6 Å². The Morgan fingerprint density at radius 2 is 1.95 bits per heavy atom. The van der Waals surface area contributed by atoms with E-state index in [-0.39, 0.29) is 18.3 Å². The van der Waals surface area contributed by atoms with E-state index in [1.54, 1.807) is 12.1 Å². The minimum Gasteiger partial charge on any atom is -0.376 e. The van der Waals surface area contributed by atoms with Crippen molar-refractivity contribution in [3.05, 3.63) is 30.1 Å². The quantitative estimate of drug-likeness (QED) is 0.827. The van der Waals surface area contributed by atoms with Crippen LogP contribution >= 0.6 is 0 Å². The molecule has 0 radical (unpaired) electrons. The van der Waals surface area contributed by atoms with Crippen LogP contribution < -0.4 is 10.6 Å². The van der Waals surface area contributed by atoms with E-state index in [0.717, 1.165) is 0 Å². The van der Waals surface area contributed by atoms with E-state index in [1.807, 2.05) is 0 Å². The summed E-state index contributed by atoms with van der Waals surface area (Å²) in [7, 11) is 0. The molecular formula is C15H19FN2O. The summed E-state index contributed by atoms with van der Waals surface area (Å²) in [5, 5.41) is 6.09. The summed E-state index contributed by atoms with van der Waals surface area (Å²) in [6.07, 6.45) is 5.00. The molecule has 0 bridgehead atoms. The van der Waals surface area contributed by atoms with Crippen molar-refractivity contribution in [1.29, 1.82) is 0 Å². The number of amides is 1. The van der Waals surface area contributed by atoms with Gasteiger partial charge in [0.2, 0.25) is 5.91 Å². The highest BCUT2D eigenvalue weighted by molar-refractivity contribution is 5.81. The van der Waals surface area contributed by atoms with Crippen LogP contribution in [0.2, 0.25) is 0 Å². The van der Waals surface area contributed by atoms with Crippen LogP contribution in [-0.2, 0) is 4.79 Å². The van der Waals surface area contributed by atoms with Crippen LogP contribution in [0, 0.1) is 17.7 Å². The molecule has 3 rings (SSSR count). The lowest BCUT2D eigenvalue weighted by atomic mass is 10.1. The Morgan fingerprint density at radius 1 is 1.26 bits per heavy atom. The molecule has 0 aliphatic heterocycles. The average molecular weight is 262 g/mol. The zero-order valence-electron chi connectivity index (χ0n) is 10.9. The number of benzene rings is 1. The summed E-state index contributed by atoms with van der Waals surface area (Å²) in [6.45, 7) is 0.208. The summed E-state index contributed by atoms with van der Waals surface area (Å²) >= 11 is 0. The highest BCUT2D eigenvalue weighted by Gasteiger charge is 2.42. The number of anilines is 1. The number of carbonyl (C=O) groups is 1. The van der Waals surface area contributed by atoms with Crippen molar-refractivity contribution in [2.75, 3.05) is 11.9 Å². The van der Waals surface area contributed by atoms with Gasteiger partial charge in [-0.2, -0.15) is 0 Å². The zero-order chi connectivity index (χ0) is 13.2. The first-order chi connectivity index (χ1) is 9.22. The highest BCUT2D eigenvalue weighted by Crippen LogP contribution is 2.44. The van der Waals surface area contributed by atoms with E-state index in [2.05, 4.69) is 10.6 Å². The fourth-order valence-electron chi connectivity index (χ4n) is 2.55. The molecule has 0 saturated heterocycles. The van der Waals surface area contributed by atoms with Crippen molar-refractivity contribution < 1.29 is 9.18 Å². The van der Waals surface area contributed by atoms with Crippen LogP contribution in [-0.4, -0.2) is 18.5 Å². The zero-order valence-corrected chi connectivity index (χ0v) is 10.9. The minimum atomic E-state index is -0.292. The van der Waals surface area contributed by atoms with E-state index < -0.39 is 0 Å². The summed E-state index contributed by atoms with van der Waals surface area (Å²) in [5.41, 5.74) is 0.643. The van der Waals surface area contributed by atoms with E-state index in [9.17, 15) is 9.18 Å². The predicted octanol–water partition coefficient (Wildman–Crippen LogP) is 2.54. The van der Waals surface area contributed by atoms with Crippen molar-refractivity contribution in [2.24, 2.45) is 11.8 Å².